The van der Waals surface area contributed by atoms with E-state index in [9.17, 15) is 4.79 Å². The molecule has 0 fully saturated rings. The third kappa shape index (κ3) is 8.95. The van der Waals surface area contributed by atoms with Crippen LogP contribution in [-0.2, 0) is 11.3 Å². The maximum Gasteiger partial charge on any atom is 0.222 e. The molecule has 1 aromatic carbocycles. The number of rotatable bonds is 8. The van der Waals surface area contributed by atoms with Gasteiger partial charge in [-0.05, 0) is 24.6 Å². The number of aliphatic imine (C=N–C) groups is 1. The van der Waals surface area contributed by atoms with Crippen LogP contribution in [-0.4, -0.2) is 38.6 Å². The van der Waals surface area contributed by atoms with Gasteiger partial charge in [0.1, 0.15) is 5.75 Å². The van der Waals surface area contributed by atoms with Crippen LogP contribution in [0.3, 0.4) is 0 Å². The minimum atomic E-state index is 0. The van der Waals surface area contributed by atoms with Crippen molar-refractivity contribution in [3.8, 4) is 5.75 Å². The second kappa shape index (κ2) is 12.9. The summed E-state index contributed by atoms with van der Waals surface area (Å²) >= 11 is 0. The van der Waals surface area contributed by atoms with E-state index in [0.29, 0.717) is 19.6 Å². The van der Waals surface area contributed by atoms with Crippen molar-refractivity contribution in [2.24, 2.45) is 10.9 Å². The fraction of sp³-hybridized carbons (Fsp3) is 0.529. The van der Waals surface area contributed by atoms with Gasteiger partial charge in [-0.15, -0.1) is 24.0 Å². The number of carbonyl (C=O) groups is 1. The summed E-state index contributed by atoms with van der Waals surface area (Å²) in [7, 11) is 1.65. The van der Waals surface area contributed by atoms with E-state index in [0.717, 1.165) is 23.8 Å². The van der Waals surface area contributed by atoms with E-state index in [2.05, 4.69) is 20.9 Å². The molecule has 1 amide bonds. The van der Waals surface area contributed by atoms with E-state index in [4.69, 9.17) is 4.74 Å². The molecule has 0 unspecified atom stereocenters. The van der Waals surface area contributed by atoms with Gasteiger partial charge in [0, 0.05) is 25.6 Å². The van der Waals surface area contributed by atoms with Crippen molar-refractivity contribution < 1.29 is 9.53 Å². The number of amides is 1. The molecule has 0 aliphatic rings. The molecule has 0 heterocycles. The van der Waals surface area contributed by atoms with Crippen LogP contribution in [0, 0.1) is 5.92 Å². The highest BCUT2D eigenvalue weighted by Gasteiger charge is 2.05. The SMILES string of the molecule is CCNC(=NCc1cccc(OC)c1)NCCNC(=O)C(C)C.I. The highest BCUT2D eigenvalue weighted by molar-refractivity contribution is 14.0. The zero-order valence-corrected chi connectivity index (χ0v) is 17.2. The summed E-state index contributed by atoms with van der Waals surface area (Å²) in [4.78, 5) is 16.0. The first-order chi connectivity index (χ1) is 11.1. The predicted octanol–water partition coefficient (Wildman–Crippen LogP) is 2.14. The maximum atomic E-state index is 11.5. The van der Waals surface area contributed by atoms with Crippen LogP contribution in [0.2, 0.25) is 0 Å². The zero-order chi connectivity index (χ0) is 17.1. The highest BCUT2D eigenvalue weighted by Crippen LogP contribution is 2.12. The normalized spacial score (nSPS) is 10.8. The average molecular weight is 448 g/mol. The summed E-state index contributed by atoms with van der Waals surface area (Å²) in [6, 6.07) is 7.84. The van der Waals surface area contributed by atoms with E-state index in [1.807, 2.05) is 45.0 Å². The summed E-state index contributed by atoms with van der Waals surface area (Å²) in [5.41, 5.74) is 1.08. The molecule has 136 valence electrons. The van der Waals surface area contributed by atoms with Crippen LogP contribution in [0.4, 0.5) is 0 Å². The van der Waals surface area contributed by atoms with Crippen molar-refractivity contribution in [1.82, 2.24) is 16.0 Å². The third-order valence-corrected chi connectivity index (χ3v) is 3.14. The quantitative estimate of drug-likeness (QED) is 0.247. The van der Waals surface area contributed by atoms with E-state index < -0.39 is 0 Å². The Morgan fingerprint density at radius 1 is 1.21 bits per heavy atom. The Kier molecular flexibility index (Phi) is 12.0. The molecule has 0 radical (unpaired) electrons. The molecule has 24 heavy (non-hydrogen) atoms. The Morgan fingerprint density at radius 2 is 1.92 bits per heavy atom. The van der Waals surface area contributed by atoms with Crippen molar-refractivity contribution in [3.05, 3.63) is 29.8 Å². The topological polar surface area (TPSA) is 74.8 Å². The monoisotopic (exact) mass is 448 g/mol. The van der Waals surface area contributed by atoms with E-state index in [1.165, 1.54) is 0 Å². The van der Waals surface area contributed by atoms with Crippen LogP contribution in [0.15, 0.2) is 29.3 Å². The second-order valence-electron chi connectivity index (χ2n) is 5.42. The number of benzene rings is 1. The first-order valence-electron chi connectivity index (χ1n) is 7.99. The van der Waals surface area contributed by atoms with Gasteiger partial charge in [0.05, 0.1) is 13.7 Å². The number of guanidine groups is 1. The Morgan fingerprint density at radius 3 is 2.54 bits per heavy atom. The summed E-state index contributed by atoms with van der Waals surface area (Å²) in [6.07, 6.45) is 0. The zero-order valence-electron chi connectivity index (χ0n) is 14.9. The Hall–Kier alpha value is -1.51. The summed E-state index contributed by atoms with van der Waals surface area (Å²) in [6.45, 7) is 8.31. The fourth-order valence-electron chi connectivity index (χ4n) is 1.85. The molecule has 3 N–H and O–H groups in total. The van der Waals surface area contributed by atoms with Crippen molar-refractivity contribution >= 4 is 35.8 Å². The van der Waals surface area contributed by atoms with Crippen molar-refractivity contribution in [2.45, 2.75) is 27.3 Å². The average Bonchev–Trinajstić information content (AvgIpc) is 2.56. The van der Waals surface area contributed by atoms with E-state index >= 15 is 0 Å². The number of methoxy groups -OCH3 is 1. The van der Waals surface area contributed by atoms with Gasteiger partial charge in [-0.2, -0.15) is 0 Å². The summed E-state index contributed by atoms with van der Waals surface area (Å²) < 4.78 is 5.21. The van der Waals surface area contributed by atoms with Crippen LogP contribution < -0.4 is 20.7 Å². The molecule has 0 atom stereocenters. The molecule has 0 aliphatic carbocycles. The molecule has 0 aromatic heterocycles. The minimum absolute atomic E-state index is 0. The molecule has 0 saturated heterocycles. The molecule has 0 saturated carbocycles. The number of hydrogen-bond acceptors (Lipinski definition) is 3. The lowest BCUT2D eigenvalue weighted by Crippen LogP contribution is -2.42. The van der Waals surface area contributed by atoms with Gasteiger partial charge in [0.2, 0.25) is 5.91 Å². The molecule has 1 rings (SSSR count). The lowest BCUT2D eigenvalue weighted by atomic mass is 10.2. The van der Waals surface area contributed by atoms with Gasteiger partial charge in [-0.3, -0.25) is 4.79 Å². The van der Waals surface area contributed by atoms with Gasteiger partial charge < -0.3 is 20.7 Å². The maximum absolute atomic E-state index is 11.5. The first-order valence-corrected chi connectivity index (χ1v) is 7.99. The van der Waals surface area contributed by atoms with Crippen LogP contribution in [0.1, 0.15) is 26.3 Å². The number of ether oxygens (including phenoxy) is 1. The predicted molar refractivity (Wildman–Crippen MR) is 109 cm³/mol. The molecule has 0 bridgehead atoms. The van der Waals surface area contributed by atoms with Gasteiger partial charge in [-0.1, -0.05) is 26.0 Å². The minimum Gasteiger partial charge on any atom is -0.497 e. The number of hydrogen-bond donors (Lipinski definition) is 3. The number of nitrogens with zero attached hydrogens (tertiary/aromatic N) is 1. The summed E-state index contributed by atoms with van der Waals surface area (Å²) in [5, 5.41) is 9.26. The lowest BCUT2D eigenvalue weighted by Gasteiger charge is -2.12. The molecule has 0 aliphatic heterocycles. The number of nitrogens with one attached hydrogen (secondary N) is 3. The van der Waals surface area contributed by atoms with Crippen LogP contribution >= 0.6 is 24.0 Å². The molecule has 6 nitrogen and oxygen atoms in total. The molecule has 1 aromatic rings. The summed E-state index contributed by atoms with van der Waals surface area (Å²) in [5.74, 6) is 1.62. The number of carbonyl (C=O) groups excluding carboxylic acids is 1. The molecular formula is C17H29IN4O2. The molecule has 7 heteroatoms. The van der Waals surface area contributed by atoms with Gasteiger partial charge in [0.25, 0.3) is 0 Å². The Balaban J connectivity index is 0.00000529. The Labute approximate surface area is 161 Å². The van der Waals surface area contributed by atoms with Crippen LogP contribution in [0.5, 0.6) is 5.75 Å². The largest absolute Gasteiger partial charge is 0.497 e. The Bertz CT molecular complexity index is 521. The fourth-order valence-corrected chi connectivity index (χ4v) is 1.85. The highest BCUT2D eigenvalue weighted by atomic mass is 127. The van der Waals surface area contributed by atoms with Crippen molar-refractivity contribution in [1.29, 1.82) is 0 Å². The first kappa shape index (κ1) is 22.5. The van der Waals surface area contributed by atoms with E-state index in [-0.39, 0.29) is 35.8 Å². The van der Waals surface area contributed by atoms with Gasteiger partial charge in [0.15, 0.2) is 5.96 Å². The van der Waals surface area contributed by atoms with Gasteiger partial charge >= 0.3 is 0 Å². The number of halogens is 1. The molecule has 0 spiro atoms. The smallest absolute Gasteiger partial charge is 0.222 e. The third-order valence-electron chi connectivity index (χ3n) is 3.14. The van der Waals surface area contributed by atoms with Gasteiger partial charge in [-0.25, -0.2) is 4.99 Å². The lowest BCUT2D eigenvalue weighted by molar-refractivity contribution is -0.123. The van der Waals surface area contributed by atoms with Crippen molar-refractivity contribution in [2.75, 3.05) is 26.7 Å². The van der Waals surface area contributed by atoms with Crippen molar-refractivity contribution in [3.63, 3.8) is 0 Å². The second-order valence-corrected chi connectivity index (χ2v) is 5.42. The standard InChI is InChI=1S/C17H28N4O2.HI/c1-5-18-17(20-10-9-19-16(22)13(2)3)21-12-14-7-6-8-15(11-14)23-4;/h6-8,11,13H,5,9-10,12H2,1-4H3,(H,19,22)(H2,18,20,21);1H. The van der Waals surface area contributed by atoms with Crippen LogP contribution in [0.25, 0.3) is 0 Å². The van der Waals surface area contributed by atoms with E-state index in [1.54, 1.807) is 7.11 Å². The molecular weight excluding hydrogens is 419 g/mol.